The highest BCUT2D eigenvalue weighted by Gasteiger charge is 1.92. The van der Waals surface area contributed by atoms with Gasteiger partial charge in [-0.2, -0.15) is 0 Å². The quantitative estimate of drug-likeness (QED) is 0.638. The van der Waals surface area contributed by atoms with Crippen molar-refractivity contribution in [3.8, 4) is 0 Å². The summed E-state index contributed by atoms with van der Waals surface area (Å²) in [5.41, 5.74) is 6.26. The summed E-state index contributed by atoms with van der Waals surface area (Å²) >= 11 is 0. The Balaban J connectivity index is 3.01. The molecule has 1 aromatic rings. The summed E-state index contributed by atoms with van der Waals surface area (Å²) in [5, 5.41) is 0. The first kappa shape index (κ1) is 6.78. The first-order valence-electron chi connectivity index (χ1n) is 2.47. The van der Waals surface area contributed by atoms with Crippen LogP contribution in [0.15, 0.2) is 29.2 Å². The van der Waals surface area contributed by atoms with Gasteiger partial charge in [-0.15, -0.1) is 0 Å². The zero-order chi connectivity index (χ0) is 6.69. The number of benzene rings is 1. The lowest BCUT2D eigenvalue weighted by Gasteiger charge is -1.96. The van der Waals surface area contributed by atoms with E-state index in [9.17, 15) is 0 Å². The molecule has 0 saturated carbocycles. The molecule has 0 saturated heterocycles. The van der Waals surface area contributed by atoms with Crippen LogP contribution in [0.25, 0.3) is 0 Å². The van der Waals surface area contributed by atoms with Gasteiger partial charge in [0.15, 0.2) is 0 Å². The molecule has 1 rings (SSSR count). The van der Waals surface area contributed by atoms with Gasteiger partial charge in [0.1, 0.15) is 0 Å². The number of rotatable bonds is 1. The Morgan fingerprint density at radius 2 is 2.00 bits per heavy atom. The third-order valence-corrected chi connectivity index (χ3v) is 2.04. The smallest absolute Gasteiger partial charge is 0.0464 e. The molecule has 0 aliphatic carbocycles. The van der Waals surface area contributed by atoms with Gasteiger partial charge in [0.2, 0.25) is 0 Å². The van der Waals surface area contributed by atoms with Crippen molar-refractivity contribution in [2.45, 2.75) is 4.90 Å². The Hall–Kier alpha value is -0.340. The summed E-state index contributed by atoms with van der Waals surface area (Å²) in [6.45, 7) is 0. The summed E-state index contributed by atoms with van der Waals surface area (Å²) in [6.07, 6.45) is 0. The molecule has 0 amide bonds. The van der Waals surface area contributed by atoms with Crippen LogP contribution >= 0.6 is 21.7 Å². The average Bonchev–Trinajstić information content (AvgIpc) is 1.89. The van der Waals surface area contributed by atoms with E-state index in [2.05, 4.69) is 0 Å². The molecule has 0 aliphatic heterocycles. The Kier molecular flexibility index (Phi) is 2.25. The molecule has 3 heteroatoms. The zero-order valence-electron chi connectivity index (χ0n) is 4.67. The van der Waals surface area contributed by atoms with Gasteiger partial charge in [-0.25, -0.2) is 0 Å². The van der Waals surface area contributed by atoms with Gasteiger partial charge >= 0.3 is 0 Å². The highest BCUT2D eigenvalue weighted by molar-refractivity contribution is 8.21. The average molecular weight is 160 g/mol. The van der Waals surface area contributed by atoms with Gasteiger partial charge in [-0.05, 0) is 33.8 Å². The van der Waals surface area contributed by atoms with Crippen molar-refractivity contribution >= 4 is 27.3 Å². The number of halogens is 1. The number of nitrogens with two attached hydrogens (primary N) is 1. The second kappa shape index (κ2) is 2.99. The molecule has 0 fully saturated rings. The van der Waals surface area contributed by atoms with Crippen LogP contribution in [-0.4, -0.2) is 0 Å². The lowest BCUT2D eigenvalue weighted by Crippen LogP contribution is -1.84. The Morgan fingerprint density at radius 1 is 1.33 bits per heavy atom. The summed E-state index contributed by atoms with van der Waals surface area (Å²) in [6, 6.07) is 7.49. The topological polar surface area (TPSA) is 26.0 Å². The predicted octanol–water partition coefficient (Wildman–Crippen LogP) is 2.51. The van der Waals surface area contributed by atoms with Crippen LogP contribution < -0.4 is 5.73 Å². The van der Waals surface area contributed by atoms with E-state index in [4.69, 9.17) is 16.4 Å². The Bertz CT molecular complexity index is 202. The van der Waals surface area contributed by atoms with E-state index in [1.807, 2.05) is 24.3 Å². The normalized spacial score (nSPS) is 9.44. The third-order valence-electron chi connectivity index (χ3n) is 1.00. The van der Waals surface area contributed by atoms with Crippen molar-refractivity contribution in [1.29, 1.82) is 0 Å². The molecule has 0 heterocycles. The van der Waals surface area contributed by atoms with E-state index in [1.165, 1.54) is 0 Å². The van der Waals surface area contributed by atoms with Crippen molar-refractivity contribution < 1.29 is 0 Å². The lowest BCUT2D eigenvalue weighted by atomic mass is 10.3. The molecule has 1 aromatic carbocycles. The standard InChI is InChI=1S/C6H6ClNS/c7-9-6-4-2-1-3-5(6)8/h1-4H,8H2. The van der Waals surface area contributed by atoms with Gasteiger partial charge in [0.25, 0.3) is 0 Å². The van der Waals surface area contributed by atoms with Crippen LogP contribution in [0.1, 0.15) is 0 Å². The minimum Gasteiger partial charge on any atom is -0.398 e. The van der Waals surface area contributed by atoms with Crippen molar-refractivity contribution in [1.82, 2.24) is 0 Å². The van der Waals surface area contributed by atoms with E-state index in [0.717, 1.165) is 21.6 Å². The zero-order valence-corrected chi connectivity index (χ0v) is 6.25. The van der Waals surface area contributed by atoms with Crippen LogP contribution in [0.5, 0.6) is 0 Å². The molecule has 0 unspecified atom stereocenters. The minimum absolute atomic E-state index is 0.734. The second-order valence-electron chi connectivity index (χ2n) is 1.61. The highest BCUT2D eigenvalue weighted by Crippen LogP contribution is 2.26. The fraction of sp³-hybridized carbons (Fsp3) is 0. The Labute approximate surface area is 62.7 Å². The van der Waals surface area contributed by atoms with Gasteiger partial charge in [-0.3, -0.25) is 0 Å². The fourth-order valence-electron chi connectivity index (χ4n) is 0.551. The SMILES string of the molecule is Nc1ccccc1SCl. The van der Waals surface area contributed by atoms with Crippen molar-refractivity contribution in [3.63, 3.8) is 0 Å². The number of para-hydroxylation sites is 1. The van der Waals surface area contributed by atoms with Gasteiger partial charge in [0.05, 0.1) is 0 Å². The number of nitrogen functional groups attached to an aromatic ring is 1. The molecule has 0 radical (unpaired) electrons. The number of anilines is 1. The maximum atomic E-state index is 5.53. The maximum Gasteiger partial charge on any atom is 0.0464 e. The summed E-state index contributed by atoms with van der Waals surface area (Å²) in [5.74, 6) is 0. The summed E-state index contributed by atoms with van der Waals surface area (Å²) in [7, 11) is 6.61. The molecule has 0 aromatic heterocycles. The van der Waals surface area contributed by atoms with E-state index in [0.29, 0.717) is 0 Å². The molecule has 0 aliphatic rings. The summed E-state index contributed by atoms with van der Waals surface area (Å²) in [4.78, 5) is 0.916. The van der Waals surface area contributed by atoms with Crippen molar-refractivity contribution in [2.75, 3.05) is 5.73 Å². The van der Waals surface area contributed by atoms with Crippen LogP contribution in [-0.2, 0) is 0 Å². The molecule has 0 atom stereocenters. The van der Waals surface area contributed by atoms with Crippen LogP contribution in [0.2, 0.25) is 0 Å². The summed E-state index contributed by atoms with van der Waals surface area (Å²) < 4.78 is 0. The van der Waals surface area contributed by atoms with Crippen LogP contribution in [0, 0.1) is 0 Å². The van der Waals surface area contributed by atoms with E-state index in [1.54, 1.807) is 0 Å². The molecular formula is C6H6ClNS. The molecule has 0 bridgehead atoms. The highest BCUT2D eigenvalue weighted by atomic mass is 35.7. The Morgan fingerprint density at radius 3 is 2.44 bits per heavy atom. The number of hydrogen-bond acceptors (Lipinski definition) is 2. The maximum absolute atomic E-state index is 5.53. The molecule has 48 valence electrons. The van der Waals surface area contributed by atoms with E-state index < -0.39 is 0 Å². The van der Waals surface area contributed by atoms with Gasteiger partial charge in [-0.1, -0.05) is 12.1 Å². The molecular weight excluding hydrogens is 154 g/mol. The molecule has 2 N–H and O–H groups in total. The predicted molar refractivity (Wildman–Crippen MR) is 42.6 cm³/mol. The van der Waals surface area contributed by atoms with Gasteiger partial charge < -0.3 is 5.73 Å². The first-order valence-corrected chi connectivity index (χ1v) is 4.12. The lowest BCUT2D eigenvalue weighted by molar-refractivity contribution is 1.47. The fourth-order valence-corrected chi connectivity index (χ4v) is 1.26. The van der Waals surface area contributed by atoms with Crippen LogP contribution in [0.4, 0.5) is 5.69 Å². The van der Waals surface area contributed by atoms with Crippen molar-refractivity contribution in [3.05, 3.63) is 24.3 Å². The largest absolute Gasteiger partial charge is 0.398 e. The van der Waals surface area contributed by atoms with E-state index >= 15 is 0 Å². The molecule has 9 heavy (non-hydrogen) atoms. The van der Waals surface area contributed by atoms with Crippen molar-refractivity contribution in [2.24, 2.45) is 0 Å². The van der Waals surface area contributed by atoms with Gasteiger partial charge in [0, 0.05) is 10.6 Å². The van der Waals surface area contributed by atoms with Crippen LogP contribution in [0.3, 0.4) is 0 Å². The third kappa shape index (κ3) is 1.53. The van der Waals surface area contributed by atoms with E-state index in [-0.39, 0.29) is 0 Å². The molecule has 1 nitrogen and oxygen atoms in total. The molecule has 0 spiro atoms. The minimum atomic E-state index is 0.734. The monoisotopic (exact) mass is 159 g/mol. The first-order chi connectivity index (χ1) is 4.34. The second-order valence-corrected chi connectivity index (χ2v) is 2.67. The number of hydrogen-bond donors (Lipinski definition) is 1.